The second-order valence-corrected chi connectivity index (χ2v) is 5.88. The first-order valence-electron chi connectivity index (χ1n) is 8.92. The Labute approximate surface area is 163 Å². The minimum absolute atomic E-state index is 0.255. The third kappa shape index (κ3) is 7.86. The lowest BCUT2D eigenvalue weighted by molar-refractivity contribution is -0.120. The summed E-state index contributed by atoms with van der Waals surface area (Å²) in [6.07, 6.45) is 3.57. The molecule has 0 aliphatic heterocycles. The molecule has 28 heavy (non-hydrogen) atoms. The van der Waals surface area contributed by atoms with Gasteiger partial charge >= 0.3 is 6.03 Å². The molecule has 0 aliphatic rings. The van der Waals surface area contributed by atoms with Gasteiger partial charge in [-0.25, -0.2) is 14.6 Å². The summed E-state index contributed by atoms with van der Waals surface area (Å²) in [6, 6.07) is 12.0. The zero-order valence-electron chi connectivity index (χ0n) is 15.6. The summed E-state index contributed by atoms with van der Waals surface area (Å²) >= 11 is 0. The Morgan fingerprint density at radius 2 is 1.82 bits per heavy atom. The molecule has 2 rings (SSSR count). The van der Waals surface area contributed by atoms with E-state index in [9.17, 15) is 14.0 Å². The van der Waals surface area contributed by atoms with Crippen molar-refractivity contribution in [1.82, 2.24) is 10.7 Å². The molecular formula is C20H23FN4O3. The number of carbonyl (C=O) groups is 2. The second kappa shape index (κ2) is 11.3. The Balaban J connectivity index is 1.68. The van der Waals surface area contributed by atoms with Crippen molar-refractivity contribution in [3.63, 3.8) is 0 Å². The van der Waals surface area contributed by atoms with Gasteiger partial charge in [-0.05, 0) is 60.5 Å². The van der Waals surface area contributed by atoms with Gasteiger partial charge in [-0.15, -0.1) is 0 Å². The summed E-state index contributed by atoms with van der Waals surface area (Å²) in [4.78, 5) is 23.4. The highest BCUT2D eigenvalue weighted by atomic mass is 19.1. The van der Waals surface area contributed by atoms with Gasteiger partial charge in [0, 0.05) is 5.69 Å². The van der Waals surface area contributed by atoms with Crippen LogP contribution < -0.4 is 20.8 Å². The lowest BCUT2D eigenvalue weighted by atomic mass is 10.2. The summed E-state index contributed by atoms with van der Waals surface area (Å²) in [7, 11) is 0. The zero-order valence-corrected chi connectivity index (χ0v) is 15.6. The number of amides is 3. The summed E-state index contributed by atoms with van der Waals surface area (Å²) in [5.41, 5.74) is 3.53. The molecule has 0 saturated heterocycles. The van der Waals surface area contributed by atoms with Crippen molar-refractivity contribution in [2.75, 3.05) is 18.5 Å². The van der Waals surface area contributed by atoms with Crippen LogP contribution in [0, 0.1) is 5.82 Å². The van der Waals surface area contributed by atoms with Gasteiger partial charge in [0.05, 0.1) is 12.8 Å². The molecule has 0 bridgehead atoms. The largest absolute Gasteiger partial charge is 0.494 e. The van der Waals surface area contributed by atoms with E-state index >= 15 is 0 Å². The third-order valence-electron chi connectivity index (χ3n) is 3.56. The van der Waals surface area contributed by atoms with Crippen molar-refractivity contribution in [2.24, 2.45) is 5.10 Å². The van der Waals surface area contributed by atoms with Crippen LogP contribution in [0.4, 0.5) is 14.9 Å². The van der Waals surface area contributed by atoms with Gasteiger partial charge in [-0.3, -0.25) is 4.79 Å². The van der Waals surface area contributed by atoms with E-state index in [1.807, 2.05) is 24.3 Å². The van der Waals surface area contributed by atoms with Gasteiger partial charge in [0.25, 0.3) is 5.91 Å². The van der Waals surface area contributed by atoms with Gasteiger partial charge in [0.15, 0.2) is 0 Å². The van der Waals surface area contributed by atoms with Gasteiger partial charge in [-0.1, -0.05) is 13.3 Å². The van der Waals surface area contributed by atoms with Crippen LogP contribution in [0.1, 0.15) is 25.3 Å². The minimum Gasteiger partial charge on any atom is -0.494 e. The molecule has 0 atom stereocenters. The van der Waals surface area contributed by atoms with E-state index in [2.05, 4.69) is 28.1 Å². The number of hydrazone groups is 1. The van der Waals surface area contributed by atoms with Crippen molar-refractivity contribution < 1.29 is 18.7 Å². The standard InChI is InChI=1S/C20H23FN4O3/c1-2-3-12-28-18-10-4-15(5-11-18)13-23-25-19(26)14-22-20(27)24-17-8-6-16(21)7-9-17/h4-11,13H,2-3,12,14H2,1H3,(H,25,26)(H2,22,24,27)/b23-13-. The summed E-state index contributed by atoms with van der Waals surface area (Å²) < 4.78 is 18.4. The number of benzene rings is 2. The number of hydrogen-bond acceptors (Lipinski definition) is 4. The van der Waals surface area contributed by atoms with Gasteiger partial charge in [0.2, 0.25) is 0 Å². The molecule has 3 N–H and O–H groups in total. The number of nitrogens with zero attached hydrogens (tertiary/aromatic N) is 1. The monoisotopic (exact) mass is 386 g/mol. The number of hydrogen-bond donors (Lipinski definition) is 3. The van der Waals surface area contributed by atoms with Crippen LogP contribution >= 0.6 is 0 Å². The van der Waals surface area contributed by atoms with Crippen molar-refractivity contribution in [2.45, 2.75) is 19.8 Å². The first-order valence-corrected chi connectivity index (χ1v) is 8.92. The molecule has 0 fully saturated rings. The number of anilines is 1. The van der Waals surface area contributed by atoms with E-state index in [1.165, 1.54) is 30.5 Å². The van der Waals surface area contributed by atoms with Crippen molar-refractivity contribution in [1.29, 1.82) is 0 Å². The average Bonchev–Trinajstić information content (AvgIpc) is 2.69. The first-order chi connectivity index (χ1) is 13.6. The molecule has 148 valence electrons. The number of ether oxygens (including phenoxy) is 1. The predicted octanol–water partition coefficient (Wildman–Crippen LogP) is 3.28. The Morgan fingerprint density at radius 3 is 2.50 bits per heavy atom. The number of rotatable bonds is 9. The zero-order chi connectivity index (χ0) is 20.2. The second-order valence-electron chi connectivity index (χ2n) is 5.88. The highest BCUT2D eigenvalue weighted by molar-refractivity contribution is 5.92. The molecule has 0 heterocycles. The first kappa shape index (κ1) is 20.9. The minimum atomic E-state index is -0.579. The predicted molar refractivity (Wildman–Crippen MR) is 106 cm³/mol. The summed E-state index contributed by atoms with van der Waals surface area (Å²) in [5, 5.41) is 8.70. The van der Waals surface area contributed by atoms with Crippen LogP contribution in [-0.4, -0.2) is 31.3 Å². The molecule has 0 aliphatic carbocycles. The quantitative estimate of drug-likeness (QED) is 0.351. The van der Waals surface area contributed by atoms with Crippen molar-refractivity contribution in [3.05, 3.63) is 59.9 Å². The van der Waals surface area contributed by atoms with Crippen LogP contribution in [0.15, 0.2) is 53.6 Å². The Bertz CT molecular complexity index is 792. The van der Waals surface area contributed by atoms with Crippen LogP contribution in [-0.2, 0) is 4.79 Å². The molecule has 2 aromatic carbocycles. The fourth-order valence-corrected chi connectivity index (χ4v) is 2.07. The lowest BCUT2D eigenvalue weighted by Gasteiger charge is -2.07. The van der Waals surface area contributed by atoms with Gasteiger partial charge in [-0.2, -0.15) is 5.10 Å². The van der Waals surface area contributed by atoms with Crippen molar-refractivity contribution in [3.8, 4) is 5.75 Å². The Morgan fingerprint density at radius 1 is 1.11 bits per heavy atom. The molecule has 7 nitrogen and oxygen atoms in total. The molecule has 0 radical (unpaired) electrons. The normalized spacial score (nSPS) is 10.5. The van der Waals surface area contributed by atoms with E-state index in [1.54, 1.807) is 0 Å². The van der Waals surface area contributed by atoms with Crippen LogP contribution in [0.5, 0.6) is 5.75 Å². The molecule has 2 aromatic rings. The van der Waals surface area contributed by atoms with Crippen molar-refractivity contribution >= 4 is 23.8 Å². The van der Waals surface area contributed by atoms with E-state index in [4.69, 9.17) is 4.74 Å². The molecule has 0 aromatic heterocycles. The lowest BCUT2D eigenvalue weighted by Crippen LogP contribution is -2.37. The number of carbonyl (C=O) groups excluding carboxylic acids is 2. The molecule has 0 spiro atoms. The molecule has 3 amide bonds. The van der Waals surface area contributed by atoms with Crippen LogP contribution in [0.25, 0.3) is 0 Å². The fourth-order valence-electron chi connectivity index (χ4n) is 2.07. The fraction of sp³-hybridized carbons (Fsp3) is 0.250. The van der Waals surface area contributed by atoms with Crippen LogP contribution in [0.2, 0.25) is 0 Å². The number of unbranched alkanes of at least 4 members (excludes halogenated alkanes) is 1. The third-order valence-corrected chi connectivity index (χ3v) is 3.56. The maximum Gasteiger partial charge on any atom is 0.319 e. The highest BCUT2D eigenvalue weighted by Crippen LogP contribution is 2.11. The smallest absolute Gasteiger partial charge is 0.319 e. The molecule has 8 heteroatoms. The maximum absolute atomic E-state index is 12.8. The molecular weight excluding hydrogens is 363 g/mol. The van der Waals surface area contributed by atoms with E-state index in [-0.39, 0.29) is 6.54 Å². The SMILES string of the molecule is CCCCOc1ccc(/C=N\NC(=O)CNC(=O)Nc2ccc(F)cc2)cc1. The number of nitrogens with one attached hydrogen (secondary N) is 3. The Kier molecular flexibility index (Phi) is 8.45. The van der Waals surface area contributed by atoms with E-state index in [0.717, 1.165) is 24.2 Å². The van der Waals surface area contributed by atoms with Gasteiger partial charge in [0.1, 0.15) is 18.1 Å². The Hall–Kier alpha value is -3.42. The van der Waals surface area contributed by atoms with Crippen LogP contribution in [0.3, 0.4) is 0 Å². The van der Waals surface area contributed by atoms with Gasteiger partial charge < -0.3 is 15.4 Å². The maximum atomic E-state index is 12.8. The summed E-state index contributed by atoms with van der Waals surface area (Å²) in [6.45, 7) is 2.53. The molecule has 0 unspecified atom stereocenters. The number of halogens is 1. The van der Waals surface area contributed by atoms with E-state index in [0.29, 0.717) is 12.3 Å². The number of urea groups is 1. The molecule has 0 saturated carbocycles. The van der Waals surface area contributed by atoms with E-state index < -0.39 is 17.8 Å². The topological polar surface area (TPSA) is 91.8 Å². The summed E-state index contributed by atoms with van der Waals surface area (Å²) in [5.74, 6) is -0.0992. The highest BCUT2D eigenvalue weighted by Gasteiger charge is 2.05. The average molecular weight is 386 g/mol.